The van der Waals surface area contributed by atoms with E-state index in [1.54, 1.807) is 0 Å². The van der Waals surface area contributed by atoms with Crippen LogP contribution in [0.2, 0.25) is 0 Å². The average Bonchev–Trinajstić information content (AvgIpc) is 2.59. The van der Waals surface area contributed by atoms with E-state index in [0.29, 0.717) is 6.04 Å². The second-order valence-electron chi connectivity index (χ2n) is 3.94. The summed E-state index contributed by atoms with van der Waals surface area (Å²) in [4.78, 5) is 0. The molecule has 0 radical (unpaired) electrons. The van der Waals surface area contributed by atoms with Crippen LogP contribution in [0, 0.1) is 11.8 Å². The standard InChI is InChI=1S/C9H20N2/c1-7-5-9(7)6-11-4-3-8(2)10/h7-9,11H,3-6,10H2,1-2H3. The normalized spacial score (nSPS) is 31.9. The van der Waals surface area contributed by atoms with Gasteiger partial charge in [0.15, 0.2) is 0 Å². The second-order valence-corrected chi connectivity index (χ2v) is 3.94. The molecule has 0 heterocycles. The minimum atomic E-state index is 0.346. The van der Waals surface area contributed by atoms with Crippen LogP contribution in [0.3, 0.4) is 0 Å². The van der Waals surface area contributed by atoms with E-state index in [2.05, 4.69) is 19.2 Å². The van der Waals surface area contributed by atoms with Gasteiger partial charge in [0.05, 0.1) is 0 Å². The molecule has 3 unspecified atom stereocenters. The molecule has 1 fully saturated rings. The molecule has 0 aromatic rings. The number of nitrogens with two attached hydrogens (primary N) is 1. The molecule has 0 bridgehead atoms. The Morgan fingerprint density at radius 1 is 1.64 bits per heavy atom. The van der Waals surface area contributed by atoms with E-state index in [9.17, 15) is 0 Å². The van der Waals surface area contributed by atoms with E-state index < -0.39 is 0 Å². The second kappa shape index (κ2) is 4.07. The predicted octanol–water partition coefficient (Wildman–Crippen LogP) is 0.969. The van der Waals surface area contributed by atoms with Crippen LogP contribution in [0.5, 0.6) is 0 Å². The van der Waals surface area contributed by atoms with E-state index in [4.69, 9.17) is 5.73 Å². The molecule has 0 amide bonds. The molecule has 2 nitrogen and oxygen atoms in total. The van der Waals surface area contributed by atoms with Crippen molar-refractivity contribution in [2.45, 2.75) is 32.7 Å². The molecule has 1 saturated carbocycles. The first-order valence-corrected chi connectivity index (χ1v) is 4.66. The van der Waals surface area contributed by atoms with E-state index >= 15 is 0 Å². The van der Waals surface area contributed by atoms with Gasteiger partial charge in [0, 0.05) is 6.04 Å². The fourth-order valence-electron chi connectivity index (χ4n) is 1.30. The third-order valence-corrected chi connectivity index (χ3v) is 2.46. The molecule has 11 heavy (non-hydrogen) atoms. The third kappa shape index (κ3) is 3.73. The van der Waals surface area contributed by atoms with Crippen LogP contribution in [-0.2, 0) is 0 Å². The van der Waals surface area contributed by atoms with Gasteiger partial charge in [-0.1, -0.05) is 6.92 Å². The molecule has 2 heteroatoms. The first kappa shape index (κ1) is 9.01. The summed E-state index contributed by atoms with van der Waals surface area (Å²) in [6.45, 7) is 6.66. The van der Waals surface area contributed by atoms with Gasteiger partial charge in [-0.2, -0.15) is 0 Å². The number of hydrogen-bond acceptors (Lipinski definition) is 2. The van der Waals surface area contributed by atoms with Crippen molar-refractivity contribution in [2.75, 3.05) is 13.1 Å². The SMILES string of the molecule is CC(N)CCNCC1CC1C. The Morgan fingerprint density at radius 3 is 2.73 bits per heavy atom. The van der Waals surface area contributed by atoms with Crippen molar-refractivity contribution in [3.63, 3.8) is 0 Å². The van der Waals surface area contributed by atoms with Gasteiger partial charge in [0.1, 0.15) is 0 Å². The minimum Gasteiger partial charge on any atom is -0.328 e. The zero-order chi connectivity index (χ0) is 8.27. The highest BCUT2D eigenvalue weighted by molar-refractivity contribution is 4.83. The van der Waals surface area contributed by atoms with Crippen molar-refractivity contribution >= 4 is 0 Å². The van der Waals surface area contributed by atoms with Crippen LogP contribution in [0.1, 0.15) is 26.7 Å². The largest absolute Gasteiger partial charge is 0.328 e. The molecular weight excluding hydrogens is 136 g/mol. The fraction of sp³-hybridized carbons (Fsp3) is 1.00. The number of nitrogens with one attached hydrogen (secondary N) is 1. The van der Waals surface area contributed by atoms with Crippen LogP contribution in [0.4, 0.5) is 0 Å². The molecule has 66 valence electrons. The Balaban J connectivity index is 1.81. The summed E-state index contributed by atoms with van der Waals surface area (Å²) >= 11 is 0. The summed E-state index contributed by atoms with van der Waals surface area (Å²) < 4.78 is 0. The lowest BCUT2D eigenvalue weighted by Gasteiger charge is -2.05. The summed E-state index contributed by atoms with van der Waals surface area (Å²) in [5, 5.41) is 3.43. The van der Waals surface area contributed by atoms with E-state index in [1.807, 2.05) is 0 Å². The van der Waals surface area contributed by atoms with Crippen LogP contribution >= 0.6 is 0 Å². The van der Waals surface area contributed by atoms with Gasteiger partial charge < -0.3 is 11.1 Å². The minimum absolute atomic E-state index is 0.346. The highest BCUT2D eigenvalue weighted by Crippen LogP contribution is 2.36. The molecular formula is C9H20N2. The molecule has 0 spiro atoms. The van der Waals surface area contributed by atoms with Crippen LogP contribution in [0.15, 0.2) is 0 Å². The van der Waals surface area contributed by atoms with Crippen molar-refractivity contribution < 1.29 is 0 Å². The monoisotopic (exact) mass is 156 g/mol. The highest BCUT2D eigenvalue weighted by Gasteiger charge is 2.31. The Labute approximate surface area is 69.5 Å². The van der Waals surface area contributed by atoms with Gasteiger partial charge in [-0.15, -0.1) is 0 Å². The third-order valence-electron chi connectivity index (χ3n) is 2.46. The van der Waals surface area contributed by atoms with Crippen molar-refractivity contribution in [2.24, 2.45) is 17.6 Å². The zero-order valence-electron chi connectivity index (χ0n) is 7.64. The highest BCUT2D eigenvalue weighted by atomic mass is 14.9. The van der Waals surface area contributed by atoms with Crippen LogP contribution < -0.4 is 11.1 Å². The Bertz CT molecular complexity index is 112. The lowest BCUT2D eigenvalue weighted by molar-refractivity contribution is 0.559. The lowest BCUT2D eigenvalue weighted by Crippen LogP contribution is -2.25. The molecule has 1 rings (SSSR count). The topological polar surface area (TPSA) is 38.0 Å². The molecule has 3 N–H and O–H groups in total. The molecule has 0 aromatic carbocycles. The van der Waals surface area contributed by atoms with Crippen molar-refractivity contribution in [3.8, 4) is 0 Å². The molecule has 0 aromatic heterocycles. The van der Waals surface area contributed by atoms with E-state index in [1.165, 1.54) is 13.0 Å². The summed E-state index contributed by atoms with van der Waals surface area (Å²) in [6.07, 6.45) is 2.52. The Kier molecular flexibility index (Phi) is 3.34. The van der Waals surface area contributed by atoms with Crippen molar-refractivity contribution in [1.82, 2.24) is 5.32 Å². The maximum absolute atomic E-state index is 5.61. The molecule has 0 saturated heterocycles. The summed E-state index contributed by atoms with van der Waals surface area (Å²) in [5.74, 6) is 1.93. The predicted molar refractivity (Wildman–Crippen MR) is 48.4 cm³/mol. The van der Waals surface area contributed by atoms with Crippen LogP contribution in [0.25, 0.3) is 0 Å². The van der Waals surface area contributed by atoms with Crippen molar-refractivity contribution in [1.29, 1.82) is 0 Å². The maximum atomic E-state index is 5.61. The Hall–Kier alpha value is -0.0800. The fourth-order valence-corrected chi connectivity index (χ4v) is 1.30. The maximum Gasteiger partial charge on any atom is 0.00225 e. The van der Waals surface area contributed by atoms with Crippen molar-refractivity contribution in [3.05, 3.63) is 0 Å². The summed E-state index contributed by atoms with van der Waals surface area (Å²) in [6, 6.07) is 0.346. The first-order valence-electron chi connectivity index (χ1n) is 4.66. The molecule has 1 aliphatic carbocycles. The summed E-state index contributed by atoms with van der Waals surface area (Å²) in [7, 11) is 0. The van der Waals surface area contributed by atoms with Crippen LogP contribution in [-0.4, -0.2) is 19.1 Å². The first-order chi connectivity index (χ1) is 5.20. The average molecular weight is 156 g/mol. The zero-order valence-corrected chi connectivity index (χ0v) is 7.64. The molecule has 1 aliphatic rings. The smallest absolute Gasteiger partial charge is 0.00225 e. The van der Waals surface area contributed by atoms with E-state index in [0.717, 1.165) is 24.8 Å². The Morgan fingerprint density at radius 2 is 2.27 bits per heavy atom. The molecule has 0 aliphatic heterocycles. The quantitative estimate of drug-likeness (QED) is 0.582. The van der Waals surface area contributed by atoms with E-state index in [-0.39, 0.29) is 0 Å². The van der Waals surface area contributed by atoms with Gasteiger partial charge in [-0.25, -0.2) is 0 Å². The lowest BCUT2D eigenvalue weighted by atomic mass is 10.2. The van der Waals surface area contributed by atoms with Gasteiger partial charge in [0.25, 0.3) is 0 Å². The summed E-state index contributed by atoms with van der Waals surface area (Å²) in [5.41, 5.74) is 5.61. The number of rotatable bonds is 5. The van der Waals surface area contributed by atoms with Gasteiger partial charge in [-0.05, 0) is 44.7 Å². The van der Waals surface area contributed by atoms with Gasteiger partial charge >= 0.3 is 0 Å². The number of hydrogen-bond donors (Lipinski definition) is 2. The van der Waals surface area contributed by atoms with Gasteiger partial charge in [0.2, 0.25) is 0 Å². The molecule has 3 atom stereocenters. The van der Waals surface area contributed by atoms with Gasteiger partial charge in [-0.3, -0.25) is 0 Å².